The Hall–Kier alpha value is -4.05. The molecule has 0 spiro atoms. The van der Waals surface area contributed by atoms with Crippen LogP contribution in [0, 0.1) is 5.82 Å². The predicted molar refractivity (Wildman–Crippen MR) is 157 cm³/mol. The van der Waals surface area contributed by atoms with Crippen LogP contribution in [0.3, 0.4) is 0 Å². The van der Waals surface area contributed by atoms with Gasteiger partial charge in [-0.15, -0.1) is 0 Å². The lowest BCUT2D eigenvalue weighted by Gasteiger charge is -2.35. The Balaban J connectivity index is 1.41. The van der Waals surface area contributed by atoms with Crippen LogP contribution in [0.25, 0.3) is 21.8 Å². The Kier molecular flexibility index (Phi) is 7.97. The van der Waals surface area contributed by atoms with Gasteiger partial charge in [-0.1, -0.05) is 53.8 Å². The van der Waals surface area contributed by atoms with Crippen LogP contribution in [0.1, 0.15) is 39.3 Å². The van der Waals surface area contributed by atoms with Gasteiger partial charge in [0.15, 0.2) is 5.13 Å². The third kappa shape index (κ3) is 6.56. The molecule has 3 heterocycles. The van der Waals surface area contributed by atoms with Crippen molar-refractivity contribution >= 4 is 28.5 Å². The largest absolute Gasteiger partial charge is 0.444 e. The van der Waals surface area contributed by atoms with E-state index in [4.69, 9.17) is 14.7 Å². The first-order valence-electron chi connectivity index (χ1n) is 13.3. The summed E-state index contributed by atoms with van der Waals surface area (Å²) in [6, 6.07) is 18.4. The molecule has 208 valence electrons. The Morgan fingerprint density at radius 1 is 1.02 bits per heavy atom. The van der Waals surface area contributed by atoms with Crippen LogP contribution < -0.4 is 10.2 Å². The van der Waals surface area contributed by atoms with Gasteiger partial charge in [0.25, 0.3) is 0 Å². The van der Waals surface area contributed by atoms with Crippen molar-refractivity contribution in [1.82, 2.24) is 19.9 Å². The number of aromatic nitrogens is 3. The van der Waals surface area contributed by atoms with Crippen LogP contribution in [-0.2, 0) is 4.74 Å². The molecule has 1 N–H and O–H groups in total. The molecule has 4 aromatic rings. The van der Waals surface area contributed by atoms with Gasteiger partial charge in [-0.2, -0.15) is 0 Å². The molecule has 1 fully saturated rings. The van der Waals surface area contributed by atoms with Gasteiger partial charge in [0, 0.05) is 37.9 Å². The molecule has 0 unspecified atom stereocenters. The van der Waals surface area contributed by atoms with Gasteiger partial charge in [-0.25, -0.2) is 24.1 Å². The number of piperazine rings is 1. The van der Waals surface area contributed by atoms with Gasteiger partial charge in [-0.05, 0) is 51.5 Å². The number of carbonyl (C=O) groups excluding carboxylic acids is 1. The van der Waals surface area contributed by atoms with Crippen molar-refractivity contribution < 1.29 is 13.9 Å². The molecule has 1 amide bonds. The quantitative estimate of drug-likeness (QED) is 0.283. The monoisotopic (exact) mass is 560 g/mol. The summed E-state index contributed by atoms with van der Waals surface area (Å²) in [5.41, 5.74) is 2.63. The lowest BCUT2D eigenvalue weighted by molar-refractivity contribution is 0.0240. The van der Waals surface area contributed by atoms with Crippen LogP contribution in [-0.4, -0.2) is 57.7 Å². The Morgan fingerprint density at radius 2 is 1.77 bits per heavy atom. The molecule has 0 bridgehead atoms. The summed E-state index contributed by atoms with van der Waals surface area (Å²) in [4.78, 5) is 31.4. The molecule has 8 nitrogen and oxygen atoms in total. The summed E-state index contributed by atoms with van der Waals surface area (Å²) in [6.07, 6.45) is 1.41. The van der Waals surface area contributed by atoms with Crippen LogP contribution in [0.4, 0.5) is 20.3 Å². The van der Waals surface area contributed by atoms with Crippen LogP contribution in [0.5, 0.6) is 0 Å². The van der Waals surface area contributed by atoms with Crippen molar-refractivity contribution in [2.45, 2.75) is 39.3 Å². The molecule has 40 heavy (non-hydrogen) atoms. The fourth-order valence-corrected chi connectivity index (χ4v) is 5.54. The number of nitrogens with one attached hydrogen (secondary N) is 1. The van der Waals surface area contributed by atoms with E-state index in [2.05, 4.69) is 34.3 Å². The summed E-state index contributed by atoms with van der Waals surface area (Å²) in [6.45, 7) is 9.93. The molecule has 0 saturated carbocycles. The molecule has 2 aromatic heterocycles. The average molecular weight is 561 g/mol. The maximum atomic E-state index is 14.2. The molecule has 0 aliphatic carbocycles. The second-order valence-corrected chi connectivity index (χ2v) is 11.7. The zero-order valence-corrected chi connectivity index (χ0v) is 23.9. The zero-order chi connectivity index (χ0) is 28.3. The van der Waals surface area contributed by atoms with Crippen molar-refractivity contribution in [2.75, 3.05) is 36.4 Å². The molecular weight excluding hydrogens is 527 g/mol. The number of hydrogen-bond acceptors (Lipinski definition) is 8. The summed E-state index contributed by atoms with van der Waals surface area (Å²) in [5.74, 6) is 0.172. The minimum absolute atomic E-state index is 0.0115. The van der Waals surface area contributed by atoms with Gasteiger partial charge in [0.1, 0.15) is 11.4 Å². The summed E-state index contributed by atoms with van der Waals surface area (Å²) < 4.78 is 19.8. The number of halogens is 1. The number of amides is 1. The lowest BCUT2D eigenvalue weighted by atomic mass is 10.1. The minimum atomic E-state index is -0.539. The number of benzene rings is 2. The maximum absolute atomic E-state index is 14.2. The Morgan fingerprint density at radius 3 is 2.48 bits per heavy atom. The first kappa shape index (κ1) is 27.5. The highest BCUT2D eigenvalue weighted by Crippen LogP contribution is 2.40. The highest BCUT2D eigenvalue weighted by molar-refractivity contribution is 7.19. The van der Waals surface area contributed by atoms with E-state index in [9.17, 15) is 9.18 Å². The number of rotatable bonds is 6. The summed E-state index contributed by atoms with van der Waals surface area (Å²) in [7, 11) is 0. The Bertz CT molecular complexity index is 1460. The van der Waals surface area contributed by atoms with Crippen molar-refractivity contribution in [3.8, 4) is 21.8 Å². The van der Waals surface area contributed by atoms with Gasteiger partial charge in [0.2, 0.25) is 5.95 Å². The van der Waals surface area contributed by atoms with Crippen LogP contribution in [0.15, 0.2) is 66.9 Å². The highest BCUT2D eigenvalue weighted by atomic mass is 32.1. The van der Waals surface area contributed by atoms with E-state index in [0.717, 1.165) is 15.6 Å². The van der Waals surface area contributed by atoms with Crippen LogP contribution >= 0.6 is 11.3 Å². The van der Waals surface area contributed by atoms with E-state index in [1.807, 2.05) is 51.1 Å². The number of carbonyl (C=O) groups is 1. The number of thiazole rings is 1. The first-order valence-corrected chi connectivity index (χ1v) is 14.1. The van der Waals surface area contributed by atoms with E-state index in [1.54, 1.807) is 17.2 Å². The Labute approximate surface area is 237 Å². The number of hydrogen-bond donors (Lipinski definition) is 1. The van der Waals surface area contributed by atoms with Crippen molar-refractivity contribution in [2.24, 2.45) is 0 Å². The number of nitrogens with zero attached hydrogens (tertiary/aromatic N) is 5. The van der Waals surface area contributed by atoms with Gasteiger partial charge >= 0.3 is 6.09 Å². The van der Waals surface area contributed by atoms with E-state index in [0.29, 0.717) is 49.1 Å². The number of anilines is 2. The molecule has 5 rings (SSSR count). The third-order valence-corrected chi connectivity index (χ3v) is 7.59. The fraction of sp³-hybridized carbons (Fsp3) is 0.333. The summed E-state index contributed by atoms with van der Waals surface area (Å²) >= 11 is 1.50. The van der Waals surface area contributed by atoms with E-state index < -0.39 is 5.60 Å². The van der Waals surface area contributed by atoms with E-state index >= 15 is 0 Å². The zero-order valence-electron chi connectivity index (χ0n) is 23.1. The smallest absolute Gasteiger partial charge is 0.410 e. The van der Waals surface area contributed by atoms with Gasteiger partial charge < -0.3 is 19.9 Å². The van der Waals surface area contributed by atoms with Gasteiger partial charge in [0.05, 0.1) is 22.3 Å². The summed E-state index contributed by atoms with van der Waals surface area (Å²) in [5, 5.41) is 4.18. The van der Waals surface area contributed by atoms with Crippen molar-refractivity contribution in [1.29, 1.82) is 0 Å². The molecule has 1 saturated heterocycles. The van der Waals surface area contributed by atoms with Crippen molar-refractivity contribution in [3.63, 3.8) is 0 Å². The predicted octanol–water partition coefficient (Wildman–Crippen LogP) is 6.64. The number of ether oxygens (including phenoxy) is 1. The van der Waals surface area contributed by atoms with E-state index in [-0.39, 0.29) is 18.0 Å². The topological polar surface area (TPSA) is 83.5 Å². The first-order chi connectivity index (χ1) is 19.2. The second kappa shape index (κ2) is 11.6. The fourth-order valence-electron chi connectivity index (χ4n) is 4.43. The maximum Gasteiger partial charge on any atom is 0.410 e. The normalized spacial score (nSPS) is 14.6. The van der Waals surface area contributed by atoms with Gasteiger partial charge in [-0.3, -0.25) is 0 Å². The molecule has 0 radical (unpaired) electrons. The molecular formula is C30H33FN6O2S. The molecule has 2 aromatic carbocycles. The average Bonchev–Trinajstić information content (AvgIpc) is 3.39. The lowest BCUT2D eigenvalue weighted by Crippen LogP contribution is -2.50. The third-order valence-electron chi connectivity index (χ3n) is 6.45. The molecule has 1 atom stereocenters. The van der Waals surface area contributed by atoms with Crippen molar-refractivity contribution in [3.05, 3.63) is 78.2 Å². The van der Waals surface area contributed by atoms with Crippen LogP contribution in [0.2, 0.25) is 0 Å². The van der Waals surface area contributed by atoms with E-state index in [1.165, 1.54) is 23.5 Å². The molecule has 10 heteroatoms. The minimum Gasteiger partial charge on any atom is -0.444 e. The highest BCUT2D eigenvalue weighted by Gasteiger charge is 2.28. The standard InChI is InChI=1S/C30H33FN6O2S/c1-20(21-9-6-5-7-10-21)33-27-32-14-13-24(34-27)26-25(22-11-8-12-23(31)19-22)35-28(40-26)36-15-17-37(18-16-36)29(38)39-30(2,3)4/h5-14,19-20H,15-18H2,1-4H3,(H,32,33,34)/t20-/m0/s1. The second-order valence-electron chi connectivity index (χ2n) is 10.7. The molecule has 1 aliphatic heterocycles. The SMILES string of the molecule is C[C@H](Nc1nccc(-c2sc(N3CCN(C(=O)OC(C)(C)C)CC3)nc2-c2cccc(F)c2)n1)c1ccccc1. The molecule has 1 aliphatic rings.